The van der Waals surface area contributed by atoms with Gasteiger partial charge in [-0.15, -0.1) is 0 Å². The summed E-state index contributed by atoms with van der Waals surface area (Å²) in [5.74, 6) is -0.0834. The van der Waals surface area contributed by atoms with Crippen molar-refractivity contribution in [3.63, 3.8) is 0 Å². The number of H-pyrrole nitrogens is 1. The fraction of sp³-hybridized carbons (Fsp3) is 0.417. The molecule has 20 heavy (non-hydrogen) atoms. The maximum absolute atomic E-state index is 11.7. The number of nitrogens with two attached hydrogens (primary N) is 1. The summed E-state index contributed by atoms with van der Waals surface area (Å²) in [7, 11) is 0. The van der Waals surface area contributed by atoms with Crippen molar-refractivity contribution in [3.05, 3.63) is 28.8 Å². The third-order valence-corrected chi connectivity index (χ3v) is 3.58. The third kappa shape index (κ3) is 1.98. The molecule has 5 N–H and O–H groups in total. The van der Waals surface area contributed by atoms with Gasteiger partial charge in [0.2, 0.25) is 5.95 Å². The van der Waals surface area contributed by atoms with Crippen molar-refractivity contribution in [2.24, 2.45) is 5.92 Å². The summed E-state index contributed by atoms with van der Waals surface area (Å²) in [5, 5.41) is 18.6. The molecule has 3 atom stereocenters. The lowest BCUT2D eigenvalue weighted by molar-refractivity contribution is 0.0605. The molecule has 0 spiro atoms. The van der Waals surface area contributed by atoms with E-state index in [4.69, 9.17) is 10.8 Å². The Kier molecular flexibility index (Phi) is 3.03. The summed E-state index contributed by atoms with van der Waals surface area (Å²) in [6.07, 6.45) is 5.13. The number of aliphatic hydroxyl groups excluding tert-OH is 2. The molecule has 2 aromatic rings. The molecule has 8 nitrogen and oxygen atoms in total. The van der Waals surface area contributed by atoms with Crippen LogP contribution in [-0.4, -0.2) is 42.4 Å². The van der Waals surface area contributed by atoms with Gasteiger partial charge in [-0.05, 0) is 6.42 Å². The van der Waals surface area contributed by atoms with E-state index in [1.54, 1.807) is 4.57 Å². The van der Waals surface area contributed by atoms with Gasteiger partial charge in [-0.25, -0.2) is 4.98 Å². The third-order valence-electron chi connectivity index (χ3n) is 3.58. The van der Waals surface area contributed by atoms with Crippen LogP contribution in [0.4, 0.5) is 5.95 Å². The quantitative estimate of drug-likeness (QED) is 0.542. The van der Waals surface area contributed by atoms with Crippen molar-refractivity contribution in [2.75, 3.05) is 12.3 Å². The van der Waals surface area contributed by atoms with E-state index < -0.39 is 6.10 Å². The predicted molar refractivity (Wildman–Crippen MR) is 71.9 cm³/mol. The lowest BCUT2D eigenvalue weighted by Gasteiger charge is -2.17. The number of fused-ring (bicyclic) bond motifs is 1. The average Bonchev–Trinajstić information content (AvgIpc) is 3.03. The highest BCUT2D eigenvalue weighted by molar-refractivity contribution is 5.70. The highest BCUT2D eigenvalue weighted by atomic mass is 16.3. The first-order chi connectivity index (χ1) is 9.60. The SMILES string of the molecule is Nc1nc2c(ncn2[C@H]2C=C[C@@H]([C@H](O)CO)C2)c(=O)[nH]1. The molecule has 1 aliphatic rings. The first-order valence-electron chi connectivity index (χ1n) is 6.29. The molecule has 8 heteroatoms. The number of allylic oxidation sites excluding steroid dienone is 1. The summed E-state index contributed by atoms with van der Waals surface area (Å²) < 4.78 is 1.75. The Morgan fingerprint density at radius 1 is 1.55 bits per heavy atom. The Morgan fingerprint density at radius 2 is 2.35 bits per heavy atom. The Hall–Kier alpha value is -2.19. The number of hydrogen-bond donors (Lipinski definition) is 4. The number of aliphatic hydroxyl groups is 2. The smallest absolute Gasteiger partial charge is 0.280 e. The van der Waals surface area contributed by atoms with Gasteiger partial charge in [0, 0.05) is 5.92 Å². The summed E-state index contributed by atoms with van der Waals surface area (Å²) in [6, 6.07) is -0.0695. The monoisotopic (exact) mass is 277 g/mol. The second kappa shape index (κ2) is 4.73. The van der Waals surface area contributed by atoms with Crippen molar-refractivity contribution in [1.29, 1.82) is 0 Å². The molecule has 0 unspecified atom stereocenters. The van der Waals surface area contributed by atoms with Crippen LogP contribution in [0.1, 0.15) is 12.5 Å². The van der Waals surface area contributed by atoms with Crippen molar-refractivity contribution in [1.82, 2.24) is 19.5 Å². The molecule has 0 amide bonds. The van der Waals surface area contributed by atoms with E-state index in [9.17, 15) is 9.90 Å². The van der Waals surface area contributed by atoms with Crippen LogP contribution in [0.25, 0.3) is 11.2 Å². The fourth-order valence-electron chi connectivity index (χ4n) is 2.52. The van der Waals surface area contributed by atoms with E-state index in [2.05, 4.69) is 15.0 Å². The Morgan fingerprint density at radius 3 is 3.10 bits per heavy atom. The van der Waals surface area contributed by atoms with Gasteiger partial charge in [0.25, 0.3) is 5.56 Å². The number of anilines is 1. The molecule has 2 aromatic heterocycles. The number of aromatic nitrogens is 4. The van der Waals surface area contributed by atoms with Crippen molar-refractivity contribution < 1.29 is 10.2 Å². The van der Waals surface area contributed by atoms with Crippen LogP contribution in [0.15, 0.2) is 23.3 Å². The van der Waals surface area contributed by atoms with Gasteiger partial charge in [0.05, 0.1) is 25.1 Å². The molecule has 2 heterocycles. The van der Waals surface area contributed by atoms with Crippen LogP contribution in [0, 0.1) is 5.92 Å². The fourth-order valence-corrected chi connectivity index (χ4v) is 2.52. The van der Waals surface area contributed by atoms with Gasteiger partial charge >= 0.3 is 0 Å². The van der Waals surface area contributed by atoms with Crippen LogP contribution < -0.4 is 11.3 Å². The molecular weight excluding hydrogens is 262 g/mol. The molecule has 0 aliphatic heterocycles. The van der Waals surface area contributed by atoms with E-state index in [0.717, 1.165) is 0 Å². The minimum absolute atomic E-state index is 0.0400. The minimum Gasteiger partial charge on any atom is -0.394 e. The molecule has 0 fully saturated rings. The number of nitrogens with one attached hydrogen (secondary N) is 1. The standard InChI is InChI=1S/C12H15N5O3/c13-12-15-10-9(11(20)16-12)14-5-17(10)7-2-1-6(3-7)8(19)4-18/h1-2,5-8,18-19H,3-4H2,(H3,13,15,16,20)/t6-,7+,8-/m1/s1. The number of imidazole rings is 1. The lowest BCUT2D eigenvalue weighted by Crippen LogP contribution is -2.22. The van der Waals surface area contributed by atoms with Crippen molar-refractivity contribution in [2.45, 2.75) is 18.6 Å². The molecule has 1 aliphatic carbocycles. The lowest BCUT2D eigenvalue weighted by atomic mass is 10.0. The normalized spacial score (nSPS) is 23.5. The van der Waals surface area contributed by atoms with Crippen LogP contribution in [0.5, 0.6) is 0 Å². The molecular formula is C12H15N5O3. The first-order valence-corrected chi connectivity index (χ1v) is 6.29. The van der Waals surface area contributed by atoms with Crippen LogP contribution in [0.2, 0.25) is 0 Å². The molecule has 0 radical (unpaired) electrons. The molecule has 0 aromatic carbocycles. The summed E-state index contributed by atoms with van der Waals surface area (Å²) in [4.78, 5) is 22.3. The van der Waals surface area contributed by atoms with E-state index in [1.807, 2.05) is 12.2 Å². The summed E-state index contributed by atoms with van der Waals surface area (Å²) >= 11 is 0. The van der Waals surface area contributed by atoms with Gasteiger partial charge in [-0.1, -0.05) is 12.2 Å². The van der Waals surface area contributed by atoms with Gasteiger partial charge in [-0.2, -0.15) is 4.98 Å². The van der Waals surface area contributed by atoms with E-state index in [1.165, 1.54) is 6.33 Å². The van der Waals surface area contributed by atoms with E-state index in [0.29, 0.717) is 12.1 Å². The first kappa shape index (κ1) is 12.8. The highest BCUT2D eigenvalue weighted by Crippen LogP contribution is 2.31. The van der Waals surface area contributed by atoms with Crippen LogP contribution >= 0.6 is 0 Å². The van der Waals surface area contributed by atoms with Crippen molar-refractivity contribution >= 4 is 17.1 Å². The number of aromatic amines is 1. The molecule has 0 saturated heterocycles. The predicted octanol–water partition coefficient (Wildman–Crippen LogP) is -0.828. The Bertz CT molecular complexity index is 719. The maximum Gasteiger partial charge on any atom is 0.280 e. The second-order valence-electron chi connectivity index (χ2n) is 4.88. The van der Waals surface area contributed by atoms with Crippen LogP contribution in [0.3, 0.4) is 0 Å². The molecule has 0 bridgehead atoms. The topological polar surface area (TPSA) is 130 Å². The second-order valence-corrected chi connectivity index (χ2v) is 4.88. The van der Waals surface area contributed by atoms with Gasteiger partial charge in [-0.3, -0.25) is 9.78 Å². The minimum atomic E-state index is -0.785. The van der Waals surface area contributed by atoms with Gasteiger partial charge in [0.15, 0.2) is 11.2 Å². The molecule has 106 valence electrons. The molecule has 3 rings (SSSR count). The number of nitrogen functional groups attached to an aromatic ring is 1. The van der Waals surface area contributed by atoms with E-state index >= 15 is 0 Å². The molecule has 0 saturated carbocycles. The Labute approximate surface area is 113 Å². The number of hydrogen-bond acceptors (Lipinski definition) is 6. The number of rotatable bonds is 3. The summed E-state index contributed by atoms with van der Waals surface area (Å²) in [6.45, 7) is -0.280. The zero-order chi connectivity index (χ0) is 14.3. The Balaban J connectivity index is 1.97. The zero-order valence-electron chi connectivity index (χ0n) is 10.6. The largest absolute Gasteiger partial charge is 0.394 e. The van der Waals surface area contributed by atoms with Crippen LogP contribution in [-0.2, 0) is 0 Å². The van der Waals surface area contributed by atoms with Crippen molar-refractivity contribution in [3.8, 4) is 0 Å². The van der Waals surface area contributed by atoms with E-state index in [-0.39, 0.29) is 35.6 Å². The maximum atomic E-state index is 11.7. The summed E-state index contributed by atoms with van der Waals surface area (Å²) in [5.41, 5.74) is 5.83. The zero-order valence-corrected chi connectivity index (χ0v) is 10.6. The highest BCUT2D eigenvalue weighted by Gasteiger charge is 2.27. The average molecular weight is 277 g/mol. The van der Waals surface area contributed by atoms with Gasteiger partial charge < -0.3 is 20.5 Å². The number of nitrogens with zero attached hydrogens (tertiary/aromatic N) is 3. The van der Waals surface area contributed by atoms with Gasteiger partial charge in [0.1, 0.15) is 0 Å².